The maximum Gasteiger partial charge on any atom is 1.00 e. The first kappa shape index (κ1) is 22.5. The zero-order valence-corrected chi connectivity index (χ0v) is 9.35. The normalized spacial score (nSPS) is 7.20. The number of halogens is 2. The Kier molecular flexibility index (Phi) is 37.2. The summed E-state index contributed by atoms with van der Waals surface area (Å²) in [6.07, 6.45) is 0. The second kappa shape index (κ2) is 16.6. The maximum atomic E-state index is 2.22. The molecule has 1 N–H and O–H groups in total. The Balaban J connectivity index is -0.0000000600. The van der Waals surface area contributed by atoms with Crippen LogP contribution in [0.4, 0.5) is 0 Å². The van der Waals surface area contributed by atoms with Gasteiger partial charge in [-0.05, 0) is 20.8 Å². The average Bonchev–Trinajstić information content (AvgIpc) is 1.72. The first-order chi connectivity index (χ1) is 3.35. The van der Waals surface area contributed by atoms with E-state index in [9.17, 15) is 0 Å². The van der Waals surface area contributed by atoms with Crippen molar-refractivity contribution in [3.8, 4) is 0 Å². The van der Waals surface area contributed by atoms with E-state index in [1.165, 1.54) is 19.6 Å². The summed E-state index contributed by atoms with van der Waals surface area (Å²) in [5, 5.41) is 0. The van der Waals surface area contributed by atoms with E-state index in [-0.39, 0.29) is 41.9 Å². The van der Waals surface area contributed by atoms with Crippen LogP contribution in [0.3, 0.4) is 0 Å². The maximum absolute atomic E-state index is 2.22. The van der Waals surface area contributed by atoms with Crippen molar-refractivity contribution < 1.29 is 46.8 Å². The van der Waals surface area contributed by atoms with Crippen LogP contribution in [0.15, 0.2) is 0 Å². The smallest absolute Gasteiger partial charge is 1.00 e. The van der Waals surface area contributed by atoms with Gasteiger partial charge in [0.2, 0.25) is 0 Å². The summed E-state index contributed by atoms with van der Waals surface area (Å²) in [6, 6.07) is 0. The fourth-order valence-electron chi connectivity index (χ4n) is 0.750. The van der Waals surface area contributed by atoms with Gasteiger partial charge in [-0.15, -0.1) is 0 Å². The van der Waals surface area contributed by atoms with Crippen molar-refractivity contribution in [3.05, 3.63) is 0 Å². The van der Waals surface area contributed by atoms with E-state index in [0.717, 1.165) is 0 Å². The Bertz CT molecular complexity index is 37.2. The predicted molar refractivity (Wildman–Crippen MR) is 32.6 cm³/mol. The van der Waals surface area contributed by atoms with E-state index in [2.05, 4.69) is 20.8 Å². The molecule has 0 fully saturated rings. The number of quaternary nitrogens is 1. The summed E-state index contributed by atoms with van der Waals surface area (Å²) < 4.78 is 0. The molecule has 0 heterocycles. The first-order valence-corrected chi connectivity index (χ1v) is 3.18. The first-order valence-electron chi connectivity index (χ1n) is 3.18. The van der Waals surface area contributed by atoms with Crippen molar-refractivity contribution in [1.82, 2.24) is 0 Å². The summed E-state index contributed by atoms with van der Waals surface area (Å²) >= 11 is 0. The molecule has 0 saturated heterocycles. The van der Waals surface area contributed by atoms with Gasteiger partial charge in [0.05, 0.1) is 19.6 Å². The Morgan fingerprint density at radius 2 is 1.00 bits per heavy atom. The van der Waals surface area contributed by atoms with Crippen LogP contribution in [0.1, 0.15) is 20.8 Å². The average molecular weight is 229 g/mol. The van der Waals surface area contributed by atoms with Gasteiger partial charge < -0.3 is 29.7 Å². The molecule has 0 rings (SSSR count). The van der Waals surface area contributed by atoms with Gasteiger partial charge in [0.1, 0.15) is 0 Å². The van der Waals surface area contributed by atoms with Crippen molar-refractivity contribution in [2.45, 2.75) is 20.8 Å². The molecule has 0 atom stereocenters. The van der Waals surface area contributed by atoms with Crippen LogP contribution >= 0.6 is 0 Å². The van der Waals surface area contributed by atoms with E-state index in [1.54, 1.807) is 4.90 Å². The molecule has 4 heteroatoms. The Labute approximate surface area is 87.2 Å². The Morgan fingerprint density at radius 1 is 0.800 bits per heavy atom. The molecule has 0 aromatic carbocycles. The van der Waals surface area contributed by atoms with Crippen LogP contribution in [0.25, 0.3) is 0 Å². The second-order valence-electron chi connectivity index (χ2n) is 1.81. The minimum Gasteiger partial charge on any atom is -1.00 e. The molecule has 1 radical (unpaired) electrons. The molecule has 0 aromatic rings. The fraction of sp³-hybridized carbons (Fsp3) is 1.00. The standard InChI is InChI=1S/C6H15N.2ClH.Fe/c1-4-7(5-2)6-3;;;/h4-6H2,1-3H3;2*1H;/q;;;+1/p-1. The molecule has 0 aliphatic heterocycles. The summed E-state index contributed by atoms with van der Waals surface area (Å²) in [5.74, 6) is 0. The van der Waals surface area contributed by atoms with Crippen molar-refractivity contribution in [3.63, 3.8) is 0 Å². The van der Waals surface area contributed by atoms with E-state index in [0.29, 0.717) is 0 Å². The monoisotopic (exact) mass is 228 g/mol. The zero-order valence-electron chi connectivity index (χ0n) is 6.73. The third-order valence-corrected chi connectivity index (χ3v) is 1.50. The van der Waals surface area contributed by atoms with Crippen LogP contribution in [-0.2, 0) is 17.1 Å². The molecular formula is C6H16Cl2FeN. The van der Waals surface area contributed by atoms with Gasteiger partial charge in [0.15, 0.2) is 0 Å². The van der Waals surface area contributed by atoms with Gasteiger partial charge in [0.25, 0.3) is 0 Å². The zero-order chi connectivity index (χ0) is 5.70. The van der Waals surface area contributed by atoms with Crippen molar-refractivity contribution >= 4 is 0 Å². The van der Waals surface area contributed by atoms with Crippen LogP contribution in [0.5, 0.6) is 0 Å². The largest absolute Gasteiger partial charge is 1.00 e. The SMILES string of the molecule is CC[NH+](CC)CC.[Cl-].[Cl-].[Fe+]. The molecule has 0 spiro atoms. The van der Waals surface area contributed by atoms with Gasteiger partial charge in [-0.25, -0.2) is 0 Å². The Hall–Kier alpha value is 1.06. The molecule has 0 saturated carbocycles. The molecule has 0 aliphatic rings. The van der Waals surface area contributed by atoms with E-state index in [1.807, 2.05) is 0 Å². The number of hydrogen-bond acceptors (Lipinski definition) is 0. The molecule has 0 aliphatic carbocycles. The quantitative estimate of drug-likeness (QED) is 0.459. The van der Waals surface area contributed by atoms with Crippen molar-refractivity contribution in [1.29, 1.82) is 0 Å². The summed E-state index contributed by atoms with van der Waals surface area (Å²) in [6.45, 7) is 10.5. The number of rotatable bonds is 3. The minimum absolute atomic E-state index is 0. The second-order valence-corrected chi connectivity index (χ2v) is 1.81. The van der Waals surface area contributed by atoms with E-state index >= 15 is 0 Å². The number of hydrogen-bond donors (Lipinski definition) is 1. The minimum atomic E-state index is 0. The van der Waals surface area contributed by atoms with Crippen molar-refractivity contribution in [2.75, 3.05) is 19.6 Å². The third-order valence-electron chi connectivity index (χ3n) is 1.50. The van der Waals surface area contributed by atoms with Crippen LogP contribution < -0.4 is 29.7 Å². The Morgan fingerprint density at radius 3 is 1.00 bits per heavy atom. The van der Waals surface area contributed by atoms with Gasteiger partial charge in [-0.3, -0.25) is 0 Å². The summed E-state index contributed by atoms with van der Waals surface area (Å²) in [7, 11) is 0. The summed E-state index contributed by atoms with van der Waals surface area (Å²) in [5.41, 5.74) is 0. The molecule has 0 unspecified atom stereocenters. The predicted octanol–water partition coefficient (Wildman–Crippen LogP) is -6.06. The molecule has 0 bridgehead atoms. The molecular weight excluding hydrogens is 213 g/mol. The van der Waals surface area contributed by atoms with Crippen LogP contribution in [-0.4, -0.2) is 19.6 Å². The van der Waals surface area contributed by atoms with Crippen molar-refractivity contribution in [2.24, 2.45) is 0 Å². The third kappa shape index (κ3) is 11.8. The summed E-state index contributed by atoms with van der Waals surface area (Å²) in [4.78, 5) is 1.68. The topological polar surface area (TPSA) is 4.44 Å². The van der Waals surface area contributed by atoms with Gasteiger partial charge in [0, 0.05) is 0 Å². The molecule has 1 nitrogen and oxygen atoms in total. The molecule has 10 heavy (non-hydrogen) atoms. The van der Waals surface area contributed by atoms with E-state index < -0.39 is 0 Å². The van der Waals surface area contributed by atoms with Crippen LogP contribution in [0, 0.1) is 0 Å². The molecule has 0 aromatic heterocycles. The van der Waals surface area contributed by atoms with Gasteiger partial charge in [-0.2, -0.15) is 0 Å². The van der Waals surface area contributed by atoms with Crippen LogP contribution in [0.2, 0.25) is 0 Å². The molecule has 0 amide bonds. The fourth-order valence-corrected chi connectivity index (χ4v) is 0.750. The van der Waals surface area contributed by atoms with Gasteiger partial charge >= 0.3 is 17.1 Å². The van der Waals surface area contributed by atoms with Gasteiger partial charge in [-0.1, -0.05) is 0 Å². The number of nitrogens with one attached hydrogen (secondary N) is 1. The molecule has 67 valence electrons. The van der Waals surface area contributed by atoms with E-state index in [4.69, 9.17) is 0 Å².